The number of aliphatic hydroxyl groups excluding tert-OH is 1. The third-order valence-electron chi connectivity index (χ3n) is 4.00. The first-order valence-corrected chi connectivity index (χ1v) is 8.73. The van der Waals surface area contributed by atoms with Gasteiger partial charge in [0.25, 0.3) is 0 Å². The number of β-amino-alcohol motifs (C(OH)–C–C–N with tert-alkyl or cyclic N) is 1. The Bertz CT molecular complexity index is 441. The predicted molar refractivity (Wildman–Crippen MR) is 94.5 cm³/mol. The number of aliphatic hydroxyl groups is 2. The monoisotopic (exact) mass is 408 g/mol. The van der Waals surface area contributed by atoms with Crippen LogP contribution in [0.25, 0.3) is 0 Å². The highest BCUT2D eigenvalue weighted by Gasteiger charge is 2.53. The molecule has 1 fully saturated rings. The molecular weight excluding hydrogens is 387 g/mol. The van der Waals surface area contributed by atoms with E-state index in [2.05, 4.69) is 12.6 Å². The molecule has 136 valence electrons. The highest BCUT2D eigenvalue weighted by Crippen LogP contribution is 2.41. The van der Waals surface area contributed by atoms with Crippen molar-refractivity contribution in [3.05, 3.63) is 0 Å². The van der Waals surface area contributed by atoms with Gasteiger partial charge in [-0.15, -0.1) is 0 Å². The minimum absolute atomic E-state index is 0.0233. The molecule has 10 heteroatoms. The molecule has 2 unspecified atom stereocenters. The number of nitrogens with zero attached hydrogens (tertiary/aromatic N) is 2. The van der Waals surface area contributed by atoms with Crippen molar-refractivity contribution in [2.45, 2.75) is 47.2 Å². The Balaban J connectivity index is 2.63. The Hall–Kier alpha value is 0.370. The molecule has 1 aliphatic heterocycles. The fourth-order valence-corrected chi connectivity index (χ4v) is 2.48. The van der Waals surface area contributed by atoms with E-state index in [4.69, 9.17) is 39.5 Å². The standard InChI is InChI=1S/C13H23Cl3N2O4S/c1-5-17(4)9(19)8(23)12(21)6-18(7-12)10(20)22-11(2,3)13(14,15)16/h8-9,19,21,23H,5-7H2,1-4H3. The molecule has 0 aromatic heterocycles. The summed E-state index contributed by atoms with van der Waals surface area (Å²) in [6.07, 6.45) is -1.64. The highest BCUT2D eigenvalue weighted by molar-refractivity contribution is 7.81. The van der Waals surface area contributed by atoms with E-state index in [1.54, 1.807) is 11.9 Å². The summed E-state index contributed by atoms with van der Waals surface area (Å²) in [7, 11) is 1.71. The van der Waals surface area contributed by atoms with Crippen LogP contribution in [0.2, 0.25) is 0 Å². The molecule has 0 aliphatic carbocycles. The number of thiol groups is 1. The number of carbonyl (C=O) groups is 1. The first-order valence-electron chi connectivity index (χ1n) is 7.08. The maximum atomic E-state index is 12.1. The molecule has 0 bridgehead atoms. The van der Waals surface area contributed by atoms with Crippen LogP contribution in [0.3, 0.4) is 0 Å². The number of alkyl halides is 3. The van der Waals surface area contributed by atoms with Crippen molar-refractivity contribution in [2.75, 3.05) is 26.7 Å². The Kier molecular flexibility index (Phi) is 6.81. The number of hydrogen-bond donors (Lipinski definition) is 3. The topological polar surface area (TPSA) is 73.2 Å². The van der Waals surface area contributed by atoms with Gasteiger partial charge in [-0.25, -0.2) is 4.79 Å². The second-order valence-electron chi connectivity index (χ2n) is 6.27. The fraction of sp³-hybridized carbons (Fsp3) is 0.923. The molecule has 23 heavy (non-hydrogen) atoms. The molecular formula is C13H23Cl3N2O4S. The van der Waals surface area contributed by atoms with Crippen molar-refractivity contribution >= 4 is 53.5 Å². The van der Waals surface area contributed by atoms with Crippen LogP contribution in [0, 0.1) is 0 Å². The minimum atomic E-state index is -1.78. The van der Waals surface area contributed by atoms with E-state index in [1.807, 2.05) is 6.92 Å². The van der Waals surface area contributed by atoms with Crippen LogP contribution in [0.15, 0.2) is 0 Å². The first-order chi connectivity index (χ1) is 10.2. The molecule has 6 nitrogen and oxygen atoms in total. The van der Waals surface area contributed by atoms with Crippen LogP contribution in [0.5, 0.6) is 0 Å². The Morgan fingerprint density at radius 1 is 1.43 bits per heavy atom. The Labute approximate surface area is 157 Å². The van der Waals surface area contributed by atoms with Gasteiger partial charge in [-0.2, -0.15) is 12.6 Å². The Morgan fingerprint density at radius 3 is 2.30 bits per heavy atom. The number of likely N-dealkylation sites (tertiary alicyclic amines) is 1. The van der Waals surface area contributed by atoms with Crippen molar-refractivity contribution < 1.29 is 19.7 Å². The lowest BCUT2D eigenvalue weighted by Gasteiger charge is -2.51. The number of halogens is 3. The summed E-state index contributed by atoms with van der Waals surface area (Å²) >= 11 is 21.6. The molecule has 0 aromatic carbocycles. The summed E-state index contributed by atoms with van der Waals surface area (Å²) in [6.45, 7) is 5.38. The number of ether oxygens (including phenoxy) is 1. The molecule has 1 amide bonds. The summed E-state index contributed by atoms with van der Waals surface area (Å²) in [5, 5.41) is 19.8. The van der Waals surface area contributed by atoms with E-state index in [-0.39, 0.29) is 13.1 Å². The maximum absolute atomic E-state index is 12.1. The molecule has 0 saturated carbocycles. The van der Waals surface area contributed by atoms with Crippen molar-refractivity contribution in [2.24, 2.45) is 0 Å². The minimum Gasteiger partial charge on any atom is -0.439 e. The van der Waals surface area contributed by atoms with Crippen LogP contribution in [0.1, 0.15) is 20.8 Å². The highest BCUT2D eigenvalue weighted by atomic mass is 35.6. The third-order valence-corrected chi connectivity index (χ3v) is 6.11. The summed E-state index contributed by atoms with van der Waals surface area (Å²) in [4.78, 5) is 15.0. The third kappa shape index (κ3) is 4.71. The van der Waals surface area contributed by atoms with Crippen molar-refractivity contribution in [3.8, 4) is 0 Å². The molecule has 1 saturated heterocycles. The molecule has 1 aliphatic rings. The van der Waals surface area contributed by atoms with Gasteiger partial charge in [-0.1, -0.05) is 41.7 Å². The molecule has 0 spiro atoms. The first kappa shape index (κ1) is 21.4. The summed E-state index contributed by atoms with van der Waals surface area (Å²) < 4.78 is 3.41. The van der Waals surface area contributed by atoms with E-state index >= 15 is 0 Å². The number of amides is 1. The van der Waals surface area contributed by atoms with Gasteiger partial charge in [0, 0.05) is 0 Å². The molecule has 1 rings (SSSR count). The van der Waals surface area contributed by atoms with Crippen molar-refractivity contribution in [3.63, 3.8) is 0 Å². The average molecular weight is 410 g/mol. The second kappa shape index (κ2) is 7.32. The number of carbonyl (C=O) groups excluding carboxylic acids is 1. The Morgan fingerprint density at radius 2 is 1.91 bits per heavy atom. The summed E-state index contributed by atoms with van der Waals surface area (Å²) in [5.74, 6) is 0. The van der Waals surface area contributed by atoms with Gasteiger partial charge in [0.1, 0.15) is 11.8 Å². The molecule has 2 atom stereocenters. The normalized spacial score (nSPS) is 20.9. The van der Waals surface area contributed by atoms with Gasteiger partial charge in [0.05, 0.1) is 18.3 Å². The van der Waals surface area contributed by atoms with Gasteiger partial charge in [-0.3, -0.25) is 4.90 Å². The van der Waals surface area contributed by atoms with E-state index in [1.165, 1.54) is 18.7 Å². The lowest BCUT2D eigenvalue weighted by molar-refractivity contribution is -0.130. The lowest BCUT2D eigenvalue weighted by atomic mass is 9.89. The predicted octanol–water partition coefficient (Wildman–Crippen LogP) is 1.89. The van der Waals surface area contributed by atoms with Gasteiger partial charge >= 0.3 is 6.09 Å². The van der Waals surface area contributed by atoms with Gasteiger partial charge in [-0.05, 0) is 27.4 Å². The van der Waals surface area contributed by atoms with E-state index < -0.39 is 32.6 Å². The van der Waals surface area contributed by atoms with E-state index in [9.17, 15) is 15.0 Å². The van der Waals surface area contributed by atoms with E-state index in [0.29, 0.717) is 6.54 Å². The SMILES string of the molecule is CCN(C)C(O)C(S)C1(O)CN(C(=O)OC(C)(C)C(Cl)(Cl)Cl)C1. The summed E-state index contributed by atoms with van der Waals surface area (Å²) in [6, 6.07) is 0. The largest absolute Gasteiger partial charge is 0.439 e. The number of rotatable bonds is 5. The lowest BCUT2D eigenvalue weighted by Crippen LogP contribution is -2.71. The van der Waals surface area contributed by atoms with Crippen LogP contribution in [-0.2, 0) is 4.74 Å². The van der Waals surface area contributed by atoms with Crippen LogP contribution < -0.4 is 0 Å². The average Bonchev–Trinajstić information content (AvgIpc) is 2.39. The molecule has 0 aromatic rings. The van der Waals surface area contributed by atoms with Gasteiger partial charge < -0.3 is 19.8 Å². The van der Waals surface area contributed by atoms with Crippen LogP contribution in [-0.4, -0.2) is 79.3 Å². The maximum Gasteiger partial charge on any atom is 0.410 e. The quantitative estimate of drug-likeness (QED) is 0.367. The van der Waals surface area contributed by atoms with Gasteiger partial charge in [0.15, 0.2) is 5.60 Å². The van der Waals surface area contributed by atoms with Gasteiger partial charge in [0.2, 0.25) is 3.79 Å². The molecule has 1 heterocycles. The van der Waals surface area contributed by atoms with E-state index in [0.717, 1.165) is 0 Å². The fourth-order valence-electron chi connectivity index (χ4n) is 1.98. The van der Waals surface area contributed by atoms with Crippen molar-refractivity contribution in [1.29, 1.82) is 0 Å². The zero-order chi connectivity index (χ0) is 18.2. The second-order valence-corrected chi connectivity index (χ2v) is 9.10. The summed E-state index contributed by atoms with van der Waals surface area (Å²) in [5.41, 5.74) is -2.64. The van der Waals surface area contributed by atoms with Crippen molar-refractivity contribution in [1.82, 2.24) is 9.80 Å². The zero-order valence-corrected chi connectivity index (χ0v) is 16.6. The zero-order valence-electron chi connectivity index (χ0n) is 13.5. The molecule has 2 N–H and O–H groups in total. The van der Waals surface area contributed by atoms with Crippen LogP contribution in [0.4, 0.5) is 4.79 Å². The molecule has 0 radical (unpaired) electrons. The smallest absolute Gasteiger partial charge is 0.410 e. The number of hydrogen-bond acceptors (Lipinski definition) is 6. The van der Waals surface area contributed by atoms with Crippen LogP contribution >= 0.6 is 47.4 Å².